The van der Waals surface area contributed by atoms with Crippen molar-refractivity contribution in [1.82, 2.24) is 9.88 Å². The van der Waals surface area contributed by atoms with Crippen LogP contribution in [0, 0.1) is 0 Å². The van der Waals surface area contributed by atoms with Crippen molar-refractivity contribution in [1.29, 1.82) is 0 Å². The monoisotopic (exact) mass is 372 g/mol. The number of aromatic nitrogens is 1. The smallest absolute Gasteiger partial charge is 0.255 e. The van der Waals surface area contributed by atoms with Gasteiger partial charge in [0.05, 0.1) is 10.6 Å². The van der Waals surface area contributed by atoms with Crippen LogP contribution in [0.5, 0.6) is 0 Å². The van der Waals surface area contributed by atoms with Crippen LogP contribution in [0.3, 0.4) is 0 Å². The Bertz CT molecular complexity index is 649. The van der Waals surface area contributed by atoms with Crippen LogP contribution in [0.25, 0.3) is 0 Å². The average Bonchev–Trinajstić information content (AvgIpc) is 2.41. The van der Waals surface area contributed by atoms with Crippen LogP contribution in [0.15, 0.2) is 41.0 Å². The maximum atomic E-state index is 12.3. The van der Waals surface area contributed by atoms with Crippen molar-refractivity contribution < 1.29 is 4.79 Å². The van der Waals surface area contributed by atoms with Gasteiger partial charge in [0.1, 0.15) is 5.15 Å². The molecular formula is C14H11BrCl2N2O. The number of rotatable bonds is 3. The molecule has 0 saturated carbocycles. The van der Waals surface area contributed by atoms with Crippen molar-refractivity contribution >= 4 is 45.0 Å². The Hall–Kier alpha value is -1.10. The van der Waals surface area contributed by atoms with Crippen LogP contribution in [-0.2, 0) is 6.54 Å². The molecule has 1 heterocycles. The van der Waals surface area contributed by atoms with E-state index in [-0.39, 0.29) is 16.1 Å². The number of carbonyl (C=O) groups excluding carboxylic acids is 1. The molecular weight excluding hydrogens is 363 g/mol. The molecule has 0 aliphatic carbocycles. The normalized spacial score (nSPS) is 10.4. The van der Waals surface area contributed by atoms with Crippen LogP contribution in [0.4, 0.5) is 0 Å². The van der Waals surface area contributed by atoms with E-state index >= 15 is 0 Å². The maximum Gasteiger partial charge on any atom is 0.255 e. The SMILES string of the molecule is CN(Cc1cccc(Br)c1)C(=O)c1cnc(Cl)c(Cl)c1. The minimum absolute atomic E-state index is 0.156. The first-order chi connectivity index (χ1) is 9.47. The largest absolute Gasteiger partial charge is 0.337 e. The lowest BCUT2D eigenvalue weighted by atomic mass is 10.2. The molecule has 0 unspecified atom stereocenters. The minimum Gasteiger partial charge on any atom is -0.337 e. The summed E-state index contributed by atoms with van der Waals surface area (Å²) in [6.45, 7) is 0.499. The third-order valence-electron chi connectivity index (χ3n) is 2.70. The maximum absolute atomic E-state index is 12.3. The summed E-state index contributed by atoms with van der Waals surface area (Å²) in [5.41, 5.74) is 1.44. The first kappa shape index (κ1) is 15.3. The first-order valence-corrected chi connectivity index (χ1v) is 7.33. The lowest BCUT2D eigenvalue weighted by Gasteiger charge is -2.17. The van der Waals surface area contributed by atoms with E-state index in [1.807, 2.05) is 24.3 Å². The van der Waals surface area contributed by atoms with Crippen LogP contribution in [0.2, 0.25) is 10.2 Å². The summed E-state index contributed by atoms with van der Waals surface area (Å²) in [5, 5.41) is 0.464. The molecule has 0 spiro atoms. The van der Waals surface area contributed by atoms with Crippen LogP contribution in [-0.4, -0.2) is 22.8 Å². The van der Waals surface area contributed by atoms with Crippen LogP contribution >= 0.6 is 39.1 Å². The molecule has 3 nitrogen and oxygen atoms in total. The summed E-state index contributed by atoms with van der Waals surface area (Å²) in [6.07, 6.45) is 1.42. The highest BCUT2D eigenvalue weighted by molar-refractivity contribution is 9.10. The third-order valence-corrected chi connectivity index (χ3v) is 3.88. The van der Waals surface area contributed by atoms with E-state index in [0.29, 0.717) is 12.1 Å². The number of nitrogens with zero attached hydrogens (tertiary/aromatic N) is 2. The van der Waals surface area contributed by atoms with Crippen molar-refractivity contribution in [2.75, 3.05) is 7.05 Å². The molecule has 20 heavy (non-hydrogen) atoms. The number of pyridine rings is 1. The molecule has 104 valence electrons. The highest BCUT2D eigenvalue weighted by Crippen LogP contribution is 2.21. The Morgan fingerprint density at radius 1 is 1.35 bits per heavy atom. The topological polar surface area (TPSA) is 33.2 Å². The van der Waals surface area contributed by atoms with Crippen molar-refractivity contribution in [3.63, 3.8) is 0 Å². The lowest BCUT2D eigenvalue weighted by molar-refractivity contribution is 0.0784. The second-order valence-electron chi connectivity index (χ2n) is 4.29. The van der Waals surface area contributed by atoms with E-state index < -0.39 is 0 Å². The Labute approximate surface area is 135 Å². The molecule has 0 aliphatic rings. The molecule has 0 N–H and O–H groups in total. The zero-order valence-electron chi connectivity index (χ0n) is 10.6. The zero-order chi connectivity index (χ0) is 14.7. The second kappa shape index (κ2) is 6.57. The van der Waals surface area contributed by atoms with Gasteiger partial charge in [-0.15, -0.1) is 0 Å². The van der Waals surface area contributed by atoms with E-state index in [1.54, 1.807) is 11.9 Å². The molecule has 0 aliphatic heterocycles. The molecule has 6 heteroatoms. The number of halogens is 3. The van der Waals surface area contributed by atoms with Crippen molar-refractivity contribution in [2.24, 2.45) is 0 Å². The van der Waals surface area contributed by atoms with E-state index in [0.717, 1.165) is 10.0 Å². The van der Waals surface area contributed by atoms with E-state index in [1.165, 1.54) is 12.3 Å². The van der Waals surface area contributed by atoms with Crippen LogP contribution < -0.4 is 0 Å². The number of carbonyl (C=O) groups is 1. The predicted octanol–water partition coefficient (Wildman–Crippen LogP) is 4.42. The number of hydrogen-bond donors (Lipinski definition) is 0. The van der Waals surface area contributed by atoms with Crippen molar-refractivity contribution in [3.8, 4) is 0 Å². The van der Waals surface area contributed by atoms with Gasteiger partial charge < -0.3 is 4.90 Å². The van der Waals surface area contributed by atoms with Gasteiger partial charge in [-0.3, -0.25) is 4.79 Å². The average molecular weight is 374 g/mol. The zero-order valence-corrected chi connectivity index (χ0v) is 13.7. The summed E-state index contributed by atoms with van der Waals surface area (Å²) in [7, 11) is 1.73. The fourth-order valence-electron chi connectivity index (χ4n) is 1.74. The Kier molecular flexibility index (Phi) is 5.02. The van der Waals surface area contributed by atoms with Gasteiger partial charge in [0.25, 0.3) is 5.91 Å². The quantitative estimate of drug-likeness (QED) is 0.746. The summed E-state index contributed by atoms with van der Waals surface area (Å²) >= 11 is 15.0. The van der Waals surface area contributed by atoms with Gasteiger partial charge >= 0.3 is 0 Å². The van der Waals surface area contributed by atoms with E-state index in [4.69, 9.17) is 23.2 Å². The first-order valence-electron chi connectivity index (χ1n) is 5.78. The minimum atomic E-state index is -0.156. The number of amides is 1. The Morgan fingerprint density at radius 2 is 2.10 bits per heavy atom. The molecule has 1 aromatic carbocycles. The third kappa shape index (κ3) is 3.72. The number of hydrogen-bond acceptors (Lipinski definition) is 2. The van der Waals surface area contributed by atoms with Crippen molar-refractivity contribution in [2.45, 2.75) is 6.54 Å². The summed E-state index contributed by atoms with van der Waals surface area (Å²) in [4.78, 5) is 17.8. The molecule has 2 rings (SSSR count). The van der Waals surface area contributed by atoms with Gasteiger partial charge in [-0.05, 0) is 23.8 Å². The van der Waals surface area contributed by atoms with Crippen molar-refractivity contribution in [3.05, 3.63) is 62.3 Å². The Balaban J connectivity index is 2.14. The van der Waals surface area contributed by atoms with Gasteiger partial charge in [0, 0.05) is 24.3 Å². The second-order valence-corrected chi connectivity index (χ2v) is 5.97. The molecule has 0 radical (unpaired) electrons. The molecule has 0 fully saturated rings. The van der Waals surface area contributed by atoms with E-state index in [9.17, 15) is 4.79 Å². The standard InChI is InChI=1S/C14H11BrCl2N2O/c1-19(8-9-3-2-4-11(15)5-9)14(20)10-6-12(16)13(17)18-7-10/h2-7H,8H2,1H3. The number of benzene rings is 1. The van der Waals surface area contributed by atoms with Crippen LogP contribution in [0.1, 0.15) is 15.9 Å². The Morgan fingerprint density at radius 3 is 2.75 bits per heavy atom. The van der Waals surface area contributed by atoms with Gasteiger partial charge in [-0.1, -0.05) is 51.3 Å². The van der Waals surface area contributed by atoms with Gasteiger partial charge in [0.15, 0.2) is 0 Å². The summed E-state index contributed by atoms with van der Waals surface area (Å²) in [6, 6.07) is 9.32. The lowest BCUT2D eigenvalue weighted by Crippen LogP contribution is -2.26. The van der Waals surface area contributed by atoms with Gasteiger partial charge in [-0.25, -0.2) is 4.98 Å². The molecule has 2 aromatic rings. The summed E-state index contributed by atoms with van der Waals surface area (Å²) in [5.74, 6) is -0.156. The molecule has 0 saturated heterocycles. The molecule has 0 atom stereocenters. The van der Waals surface area contributed by atoms with E-state index in [2.05, 4.69) is 20.9 Å². The highest BCUT2D eigenvalue weighted by atomic mass is 79.9. The van der Waals surface area contributed by atoms with Gasteiger partial charge in [0.2, 0.25) is 0 Å². The fraction of sp³-hybridized carbons (Fsp3) is 0.143. The summed E-state index contributed by atoms with van der Waals surface area (Å²) < 4.78 is 0.979. The fourth-order valence-corrected chi connectivity index (χ4v) is 2.46. The van der Waals surface area contributed by atoms with Gasteiger partial charge in [-0.2, -0.15) is 0 Å². The molecule has 0 bridgehead atoms. The molecule has 1 amide bonds. The highest BCUT2D eigenvalue weighted by Gasteiger charge is 2.14. The predicted molar refractivity (Wildman–Crippen MR) is 84.2 cm³/mol. The molecule has 1 aromatic heterocycles.